The van der Waals surface area contributed by atoms with Crippen LogP contribution in [-0.4, -0.2) is 24.4 Å². The molecule has 2 atom stereocenters. The van der Waals surface area contributed by atoms with Crippen LogP contribution >= 0.6 is 0 Å². The molecule has 1 aromatic carbocycles. The molecule has 21 heavy (non-hydrogen) atoms. The summed E-state index contributed by atoms with van der Waals surface area (Å²) in [6.07, 6.45) is 4.68. The first kappa shape index (κ1) is 15.3. The first-order valence-corrected chi connectivity index (χ1v) is 7.42. The molecule has 1 aliphatic heterocycles. The lowest BCUT2D eigenvalue weighted by Gasteiger charge is -2.27. The fraction of sp³-hybridized carbons (Fsp3) is 0.412. The van der Waals surface area contributed by atoms with E-state index in [1.54, 1.807) is 11.0 Å². The molecule has 1 aromatic rings. The number of carbonyl (C=O) groups is 2. The first-order valence-electron chi connectivity index (χ1n) is 7.42. The lowest BCUT2D eigenvalue weighted by molar-refractivity contribution is -0.121. The van der Waals surface area contributed by atoms with Crippen LogP contribution in [0, 0.1) is 5.92 Å². The topological polar surface area (TPSA) is 49.4 Å². The summed E-state index contributed by atoms with van der Waals surface area (Å²) in [5.74, 6) is -0.114. The van der Waals surface area contributed by atoms with Gasteiger partial charge in [0, 0.05) is 6.54 Å². The summed E-state index contributed by atoms with van der Waals surface area (Å²) in [4.78, 5) is 26.9. The molecule has 4 nitrogen and oxygen atoms in total. The van der Waals surface area contributed by atoms with Gasteiger partial charge in [0.2, 0.25) is 5.91 Å². The number of nitrogens with one attached hydrogen (secondary N) is 1. The quantitative estimate of drug-likeness (QED) is 0.865. The van der Waals surface area contributed by atoms with E-state index in [0.29, 0.717) is 17.8 Å². The fourth-order valence-corrected chi connectivity index (χ4v) is 2.49. The van der Waals surface area contributed by atoms with E-state index >= 15 is 0 Å². The minimum Gasteiger partial charge on any atom is -0.340 e. The molecule has 0 spiro atoms. The molecule has 0 bridgehead atoms. The van der Waals surface area contributed by atoms with Crippen molar-refractivity contribution < 1.29 is 9.59 Å². The fourth-order valence-electron chi connectivity index (χ4n) is 2.49. The Balaban J connectivity index is 2.48. The van der Waals surface area contributed by atoms with Gasteiger partial charge >= 0.3 is 0 Å². The Bertz CT molecular complexity index is 566. The van der Waals surface area contributed by atoms with Gasteiger partial charge in [0.25, 0.3) is 5.91 Å². The number of anilines is 1. The molecule has 0 aromatic heterocycles. The van der Waals surface area contributed by atoms with Gasteiger partial charge < -0.3 is 10.2 Å². The first-order chi connectivity index (χ1) is 10.1. The average molecular weight is 286 g/mol. The SMILES string of the molecule is C/C=C/CN1C(=O)C(C(C)CC)NC(=O)c2ccccc21. The molecule has 1 heterocycles. The number of allylic oxidation sites excluding steroid dienone is 1. The maximum absolute atomic E-state index is 12.8. The van der Waals surface area contributed by atoms with E-state index in [1.807, 2.05) is 51.1 Å². The van der Waals surface area contributed by atoms with Crippen molar-refractivity contribution in [2.75, 3.05) is 11.4 Å². The van der Waals surface area contributed by atoms with Gasteiger partial charge in [0.1, 0.15) is 6.04 Å². The van der Waals surface area contributed by atoms with Crippen LogP contribution in [0.5, 0.6) is 0 Å². The summed E-state index contributed by atoms with van der Waals surface area (Å²) in [5.41, 5.74) is 1.24. The monoisotopic (exact) mass is 286 g/mol. The Morgan fingerprint density at radius 1 is 1.33 bits per heavy atom. The second-order valence-corrected chi connectivity index (χ2v) is 5.37. The van der Waals surface area contributed by atoms with Gasteiger partial charge in [-0.1, -0.05) is 44.6 Å². The standard InChI is InChI=1S/C17H22N2O2/c1-4-6-11-19-14-10-8-7-9-13(14)16(20)18-15(17(19)21)12(3)5-2/h4,6-10,12,15H,5,11H2,1-3H3,(H,18,20)/b6-4+. The highest BCUT2D eigenvalue weighted by molar-refractivity contribution is 6.11. The molecule has 0 aliphatic carbocycles. The zero-order chi connectivity index (χ0) is 15.4. The largest absolute Gasteiger partial charge is 0.340 e. The number of nitrogens with zero attached hydrogens (tertiary/aromatic N) is 1. The summed E-state index contributed by atoms with van der Waals surface area (Å²) in [6.45, 7) is 6.42. The van der Waals surface area contributed by atoms with Gasteiger partial charge in [-0.2, -0.15) is 0 Å². The summed E-state index contributed by atoms with van der Waals surface area (Å²) in [7, 11) is 0. The summed E-state index contributed by atoms with van der Waals surface area (Å²) in [6, 6.07) is 6.79. The average Bonchev–Trinajstić information content (AvgIpc) is 2.61. The molecule has 2 rings (SSSR count). The number of para-hydroxylation sites is 1. The number of carbonyl (C=O) groups excluding carboxylic acids is 2. The van der Waals surface area contributed by atoms with Gasteiger partial charge in [-0.25, -0.2) is 0 Å². The Morgan fingerprint density at radius 2 is 2.05 bits per heavy atom. The maximum Gasteiger partial charge on any atom is 0.254 e. The van der Waals surface area contributed by atoms with Crippen LogP contribution in [0.1, 0.15) is 37.6 Å². The molecule has 0 fully saturated rings. The van der Waals surface area contributed by atoms with Crippen molar-refractivity contribution in [3.05, 3.63) is 42.0 Å². The Morgan fingerprint density at radius 3 is 2.71 bits per heavy atom. The zero-order valence-corrected chi connectivity index (χ0v) is 12.8. The van der Waals surface area contributed by atoms with Crippen LogP contribution in [0.3, 0.4) is 0 Å². The Hall–Kier alpha value is -2.10. The van der Waals surface area contributed by atoms with Crippen molar-refractivity contribution in [2.24, 2.45) is 5.92 Å². The summed E-state index contributed by atoms with van der Waals surface area (Å²) >= 11 is 0. The highest BCUT2D eigenvalue weighted by atomic mass is 16.2. The number of fused-ring (bicyclic) bond motifs is 1. The highest BCUT2D eigenvalue weighted by Gasteiger charge is 2.35. The predicted molar refractivity (Wildman–Crippen MR) is 84.3 cm³/mol. The number of hydrogen-bond donors (Lipinski definition) is 1. The van der Waals surface area contributed by atoms with Gasteiger partial charge in [-0.05, 0) is 25.0 Å². The van der Waals surface area contributed by atoms with Crippen molar-refractivity contribution in [3.63, 3.8) is 0 Å². The highest BCUT2D eigenvalue weighted by Crippen LogP contribution is 2.26. The number of rotatable bonds is 4. The summed E-state index contributed by atoms with van der Waals surface area (Å²) < 4.78 is 0. The Labute approximate surface area is 125 Å². The van der Waals surface area contributed by atoms with Gasteiger partial charge in [-0.3, -0.25) is 9.59 Å². The van der Waals surface area contributed by atoms with Crippen molar-refractivity contribution in [1.29, 1.82) is 0 Å². The van der Waals surface area contributed by atoms with E-state index in [4.69, 9.17) is 0 Å². The second-order valence-electron chi connectivity index (χ2n) is 5.37. The lowest BCUT2D eigenvalue weighted by atomic mass is 9.98. The number of amides is 2. The van der Waals surface area contributed by atoms with Gasteiger partial charge in [0.15, 0.2) is 0 Å². The zero-order valence-electron chi connectivity index (χ0n) is 12.8. The molecule has 2 unspecified atom stereocenters. The van der Waals surface area contributed by atoms with Crippen LogP contribution in [0.2, 0.25) is 0 Å². The van der Waals surface area contributed by atoms with Crippen molar-refractivity contribution in [3.8, 4) is 0 Å². The molecular formula is C17H22N2O2. The van der Waals surface area contributed by atoms with E-state index in [-0.39, 0.29) is 17.7 Å². The molecule has 0 saturated heterocycles. The predicted octanol–water partition coefficient (Wildman–Crippen LogP) is 2.75. The number of hydrogen-bond acceptors (Lipinski definition) is 2. The Kier molecular flexibility index (Phi) is 4.78. The molecule has 0 radical (unpaired) electrons. The van der Waals surface area contributed by atoms with E-state index in [2.05, 4.69) is 5.32 Å². The van der Waals surface area contributed by atoms with Crippen molar-refractivity contribution in [1.82, 2.24) is 5.32 Å². The minimum atomic E-state index is -0.472. The minimum absolute atomic E-state index is 0.0410. The third-order valence-corrected chi connectivity index (χ3v) is 3.99. The molecule has 0 saturated carbocycles. The van der Waals surface area contributed by atoms with E-state index in [1.165, 1.54) is 0 Å². The smallest absolute Gasteiger partial charge is 0.254 e. The molecule has 2 amide bonds. The molecule has 112 valence electrons. The van der Waals surface area contributed by atoms with Crippen LogP contribution in [-0.2, 0) is 4.79 Å². The van der Waals surface area contributed by atoms with E-state index < -0.39 is 6.04 Å². The van der Waals surface area contributed by atoms with E-state index in [9.17, 15) is 9.59 Å². The number of benzene rings is 1. The normalized spacial score (nSPS) is 20.1. The van der Waals surface area contributed by atoms with Gasteiger partial charge in [0.05, 0.1) is 11.3 Å². The molecule has 1 aliphatic rings. The van der Waals surface area contributed by atoms with Crippen molar-refractivity contribution >= 4 is 17.5 Å². The van der Waals surface area contributed by atoms with Crippen LogP contribution in [0.15, 0.2) is 36.4 Å². The second kappa shape index (κ2) is 6.57. The molecule has 1 N–H and O–H groups in total. The van der Waals surface area contributed by atoms with Crippen LogP contribution < -0.4 is 10.2 Å². The van der Waals surface area contributed by atoms with Crippen LogP contribution in [0.25, 0.3) is 0 Å². The van der Waals surface area contributed by atoms with Crippen molar-refractivity contribution in [2.45, 2.75) is 33.2 Å². The molecule has 4 heteroatoms. The van der Waals surface area contributed by atoms with Gasteiger partial charge in [-0.15, -0.1) is 0 Å². The van der Waals surface area contributed by atoms with E-state index in [0.717, 1.165) is 6.42 Å². The lowest BCUT2D eigenvalue weighted by Crippen LogP contribution is -2.49. The third kappa shape index (κ3) is 2.99. The molecular weight excluding hydrogens is 264 g/mol. The summed E-state index contributed by atoms with van der Waals surface area (Å²) in [5, 5.41) is 2.89. The van der Waals surface area contributed by atoms with Crippen LogP contribution in [0.4, 0.5) is 5.69 Å². The third-order valence-electron chi connectivity index (χ3n) is 3.99. The maximum atomic E-state index is 12.8.